The summed E-state index contributed by atoms with van der Waals surface area (Å²) in [5.41, 5.74) is 1.17. The number of ketones is 1. The molecule has 0 aliphatic rings. The van der Waals surface area contributed by atoms with Crippen molar-refractivity contribution >= 4 is 22.6 Å². The first-order valence-electron chi connectivity index (χ1n) is 6.23. The number of benzene rings is 2. The van der Waals surface area contributed by atoms with E-state index in [1.54, 1.807) is 0 Å². The Morgan fingerprint density at radius 3 is 2.24 bits per heavy atom. The number of nitro groups is 1. The SMILES string of the molecule is O=C(C[S@+]([O-])Cc1ccccc1)c1ccc([N+](=O)[O-])cc1. The summed E-state index contributed by atoms with van der Waals surface area (Å²) in [6, 6.07) is 14.6. The van der Waals surface area contributed by atoms with Gasteiger partial charge in [0.2, 0.25) is 5.78 Å². The van der Waals surface area contributed by atoms with Crippen LogP contribution in [0, 0.1) is 10.1 Å². The van der Waals surface area contributed by atoms with Crippen molar-refractivity contribution in [3.8, 4) is 0 Å². The summed E-state index contributed by atoms with van der Waals surface area (Å²) in [5, 5.41) is 10.5. The molecule has 0 heterocycles. The van der Waals surface area contributed by atoms with Gasteiger partial charge in [-0.15, -0.1) is 0 Å². The second-order valence-corrected chi connectivity index (χ2v) is 5.90. The van der Waals surface area contributed by atoms with Gasteiger partial charge in [-0.25, -0.2) is 0 Å². The van der Waals surface area contributed by atoms with Crippen LogP contribution in [0.1, 0.15) is 15.9 Å². The molecule has 5 nitrogen and oxygen atoms in total. The average molecular weight is 303 g/mol. The maximum Gasteiger partial charge on any atom is 0.269 e. The molecule has 2 aromatic carbocycles. The summed E-state index contributed by atoms with van der Waals surface area (Å²) in [5.74, 6) is -0.0501. The third-order valence-electron chi connectivity index (χ3n) is 2.86. The summed E-state index contributed by atoms with van der Waals surface area (Å²) in [6.07, 6.45) is 0. The second-order valence-electron chi connectivity index (χ2n) is 4.44. The molecule has 0 saturated carbocycles. The molecule has 0 amide bonds. The molecule has 6 heteroatoms. The molecule has 0 aromatic heterocycles. The zero-order valence-corrected chi connectivity index (χ0v) is 11.9. The van der Waals surface area contributed by atoms with Crippen LogP contribution in [0.3, 0.4) is 0 Å². The van der Waals surface area contributed by atoms with Gasteiger partial charge in [0, 0.05) is 23.3 Å². The van der Waals surface area contributed by atoms with E-state index in [-0.39, 0.29) is 17.2 Å². The van der Waals surface area contributed by atoms with Gasteiger partial charge in [0.1, 0.15) is 5.75 Å². The van der Waals surface area contributed by atoms with Crippen LogP contribution in [0.15, 0.2) is 54.6 Å². The molecule has 0 aliphatic heterocycles. The predicted octanol–water partition coefficient (Wildman–Crippen LogP) is 2.73. The lowest BCUT2D eigenvalue weighted by molar-refractivity contribution is -0.384. The molecule has 0 spiro atoms. The van der Waals surface area contributed by atoms with Crippen molar-refractivity contribution in [1.29, 1.82) is 0 Å². The molecule has 2 rings (SSSR count). The molecule has 1 atom stereocenters. The highest BCUT2D eigenvalue weighted by Crippen LogP contribution is 2.14. The van der Waals surface area contributed by atoms with Crippen molar-refractivity contribution in [1.82, 2.24) is 0 Å². The van der Waals surface area contributed by atoms with Gasteiger partial charge in [-0.2, -0.15) is 0 Å². The van der Waals surface area contributed by atoms with Gasteiger partial charge >= 0.3 is 0 Å². The molecule has 2 aromatic rings. The van der Waals surface area contributed by atoms with Crippen LogP contribution < -0.4 is 0 Å². The number of nitrogens with zero attached hydrogens (tertiary/aromatic N) is 1. The maximum atomic E-state index is 12.0. The summed E-state index contributed by atoms with van der Waals surface area (Å²) in [6.45, 7) is 0. The third-order valence-corrected chi connectivity index (χ3v) is 4.10. The minimum Gasteiger partial charge on any atom is -0.616 e. The molecule has 21 heavy (non-hydrogen) atoms. The summed E-state index contributed by atoms with van der Waals surface area (Å²) >= 11 is -1.30. The molecule has 0 N–H and O–H groups in total. The minimum atomic E-state index is -1.30. The molecule has 0 radical (unpaired) electrons. The quantitative estimate of drug-likeness (QED) is 0.355. The zero-order chi connectivity index (χ0) is 15.2. The molecule has 0 fully saturated rings. The molecule has 0 bridgehead atoms. The lowest BCUT2D eigenvalue weighted by atomic mass is 10.1. The van der Waals surface area contributed by atoms with Gasteiger partial charge in [-0.3, -0.25) is 14.9 Å². The summed E-state index contributed by atoms with van der Waals surface area (Å²) in [7, 11) is 0. The van der Waals surface area contributed by atoms with E-state index in [2.05, 4.69) is 0 Å². The van der Waals surface area contributed by atoms with E-state index in [9.17, 15) is 19.5 Å². The van der Waals surface area contributed by atoms with Gasteiger partial charge in [-0.05, 0) is 23.3 Å². The number of nitro benzene ring substituents is 1. The standard InChI is InChI=1S/C15H13NO4S/c17-15(13-6-8-14(9-7-13)16(18)19)11-21(20)10-12-4-2-1-3-5-12/h1-9H,10-11H2/t21-/m1/s1. The summed E-state index contributed by atoms with van der Waals surface area (Å²) < 4.78 is 12.0. The highest BCUT2D eigenvalue weighted by molar-refractivity contribution is 7.91. The third kappa shape index (κ3) is 4.40. The number of non-ortho nitro benzene ring substituents is 1. The fourth-order valence-corrected chi connectivity index (χ4v) is 2.94. The molecular weight excluding hydrogens is 290 g/mol. The van der Waals surface area contributed by atoms with E-state index in [1.165, 1.54) is 24.3 Å². The topological polar surface area (TPSA) is 83.3 Å². The van der Waals surface area contributed by atoms with Crippen molar-refractivity contribution in [2.45, 2.75) is 5.75 Å². The maximum absolute atomic E-state index is 12.0. The van der Waals surface area contributed by atoms with E-state index >= 15 is 0 Å². The lowest BCUT2D eigenvalue weighted by Crippen LogP contribution is -2.18. The Hall–Kier alpha value is -2.18. The van der Waals surface area contributed by atoms with Crippen LogP contribution in [0.25, 0.3) is 0 Å². The van der Waals surface area contributed by atoms with Gasteiger partial charge in [0.25, 0.3) is 5.69 Å². The van der Waals surface area contributed by atoms with E-state index in [4.69, 9.17) is 0 Å². The van der Waals surface area contributed by atoms with Crippen LogP contribution in [0.5, 0.6) is 0 Å². The fraction of sp³-hybridized carbons (Fsp3) is 0.133. The number of carbonyl (C=O) groups excluding carboxylic acids is 1. The number of hydrogen-bond acceptors (Lipinski definition) is 4. The number of rotatable bonds is 6. The fourth-order valence-electron chi connectivity index (χ4n) is 1.81. The van der Waals surface area contributed by atoms with Crippen molar-refractivity contribution < 1.29 is 14.3 Å². The minimum absolute atomic E-state index is 0.0723. The van der Waals surface area contributed by atoms with E-state index in [1.807, 2.05) is 30.3 Å². The van der Waals surface area contributed by atoms with Gasteiger partial charge in [0.15, 0.2) is 5.75 Å². The van der Waals surface area contributed by atoms with Gasteiger partial charge in [-0.1, -0.05) is 30.3 Å². The first-order chi connectivity index (χ1) is 10.1. The predicted molar refractivity (Wildman–Crippen MR) is 80.6 cm³/mol. The van der Waals surface area contributed by atoms with Gasteiger partial charge < -0.3 is 4.55 Å². The first kappa shape index (κ1) is 15.2. The van der Waals surface area contributed by atoms with E-state index < -0.39 is 16.1 Å². The van der Waals surface area contributed by atoms with E-state index in [0.29, 0.717) is 11.3 Å². The Morgan fingerprint density at radius 1 is 1.05 bits per heavy atom. The Bertz CT molecular complexity index is 628. The highest BCUT2D eigenvalue weighted by Gasteiger charge is 2.16. The average Bonchev–Trinajstić information content (AvgIpc) is 2.48. The van der Waals surface area contributed by atoms with Crippen molar-refractivity contribution in [3.63, 3.8) is 0 Å². The zero-order valence-electron chi connectivity index (χ0n) is 11.1. The molecule has 0 saturated heterocycles. The molecular formula is C15H13NO4S. The van der Waals surface area contributed by atoms with Crippen molar-refractivity contribution in [3.05, 3.63) is 75.8 Å². The number of hydrogen-bond donors (Lipinski definition) is 0. The number of carbonyl (C=O) groups is 1. The van der Waals surface area contributed by atoms with Crippen molar-refractivity contribution in [2.75, 3.05) is 5.75 Å². The van der Waals surface area contributed by atoms with Crippen LogP contribution >= 0.6 is 0 Å². The Morgan fingerprint density at radius 2 is 1.67 bits per heavy atom. The Kier molecular flexibility index (Phi) is 5.08. The Labute approximate surface area is 124 Å². The molecule has 108 valence electrons. The lowest BCUT2D eigenvalue weighted by Gasteiger charge is -2.10. The first-order valence-corrected chi connectivity index (χ1v) is 7.71. The van der Waals surface area contributed by atoms with Crippen LogP contribution in [-0.4, -0.2) is 21.0 Å². The summed E-state index contributed by atoms with van der Waals surface area (Å²) in [4.78, 5) is 22.0. The normalized spacial score (nSPS) is 11.9. The molecule has 0 unspecified atom stereocenters. The van der Waals surface area contributed by atoms with Crippen molar-refractivity contribution in [2.24, 2.45) is 0 Å². The Balaban J connectivity index is 1.96. The second kappa shape index (κ2) is 7.01. The highest BCUT2D eigenvalue weighted by atomic mass is 32.2. The van der Waals surface area contributed by atoms with E-state index in [0.717, 1.165) is 5.56 Å². The smallest absolute Gasteiger partial charge is 0.269 e. The van der Waals surface area contributed by atoms with Gasteiger partial charge in [0.05, 0.1) is 4.92 Å². The van der Waals surface area contributed by atoms with Crippen LogP contribution in [-0.2, 0) is 16.9 Å². The largest absolute Gasteiger partial charge is 0.616 e. The monoisotopic (exact) mass is 303 g/mol. The van der Waals surface area contributed by atoms with Crippen LogP contribution in [0.2, 0.25) is 0 Å². The number of Topliss-reactive ketones (excluding diaryl/α,β-unsaturated/α-hetero) is 1. The molecule has 0 aliphatic carbocycles. The van der Waals surface area contributed by atoms with Crippen LogP contribution in [0.4, 0.5) is 5.69 Å².